The van der Waals surface area contributed by atoms with Gasteiger partial charge in [0.15, 0.2) is 9.84 Å². The molecule has 0 saturated carbocycles. The van der Waals surface area contributed by atoms with E-state index in [9.17, 15) is 17.2 Å². The molecule has 2 atom stereocenters. The summed E-state index contributed by atoms with van der Waals surface area (Å²) in [7, 11) is -3.78. The normalized spacial score (nSPS) is 27.2. The van der Waals surface area contributed by atoms with Crippen LogP contribution in [0.15, 0.2) is 47.5 Å². The Kier molecular flexibility index (Phi) is 4.62. The minimum Gasteiger partial charge on any atom is -0.386 e. The van der Waals surface area contributed by atoms with E-state index in [-0.39, 0.29) is 17.8 Å². The Hall–Kier alpha value is -2.28. The maximum absolute atomic E-state index is 14.3. The van der Waals surface area contributed by atoms with E-state index in [1.807, 2.05) is 31.2 Å². The van der Waals surface area contributed by atoms with E-state index < -0.39 is 37.5 Å². The highest BCUT2D eigenvalue weighted by atomic mass is 32.2. The average Bonchev–Trinajstić information content (AvgIpc) is 2.52. The van der Waals surface area contributed by atoms with Crippen molar-refractivity contribution < 1.29 is 17.2 Å². The number of sulfone groups is 1. The number of hydrogen-bond acceptors (Lipinski definition) is 4. The summed E-state index contributed by atoms with van der Waals surface area (Å²) in [5.74, 6) is -2.06. The third-order valence-corrected chi connectivity index (χ3v) is 7.87. The molecule has 0 unspecified atom stereocenters. The van der Waals surface area contributed by atoms with Crippen molar-refractivity contribution in [3.63, 3.8) is 0 Å². The van der Waals surface area contributed by atoms with Crippen LogP contribution in [0.3, 0.4) is 0 Å². The Labute approximate surface area is 158 Å². The Balaban J connectivity index is 2.09. The van der Waals surface area contributed by atoms with Crippen molar-refractivity contribution in [3.05, 3.63) is 70.8 Å². The molecule has 3 rings (SSSR count). The van der Waals surface area contributed by atoms with Crippen molar-refractivity contribution >= 4 is 15.7 Å². The van der Waals surface area contributed by atoms with Crippen LogP contribution < -0.4 is 5.73 Å². The predicted octanol–water partition coefficient (Wildman–Crippen LogP) is 3.28. The summed E-state index contributed by atoms with van der Waals surface area (Å²) in [5.41, 5.74) is 6.58. The molecule has 0 saturated heterocycles. The molecule has 0 bridgehead atoms. The topological polar surface area (TPSA) is 72.5 Å². The van der Waals surface area contributed by atoms with Gasteiger partial charge in [-0.25, -0.2) is 17.2 Å². The standard InChI is InChI=1S/C20H22F2N2O2S/c1-13-5-4-6-14(9-13)11-20(3)18(23)24-19(2,12-27(20,25)26)16-8-7-15(21)10-17(16)22/h4-10H,11-12H2,1-3H3,(H2,23,24)/t19-,20-/m0/s1. The molecule has 27 heavy (non-hydrogen) atoms. The van der Waals surface area contributed by atoms with Gasteiger partial charge in [-0.15, -0.1) is 0 Å². The van der Waals surface area contributed by atoms with Crippen LogP contribution in [0.4, 0.5) is 8.78 Å². The van der Waals surface area contributed by atoms with Gasteiger partial charge in [-0.05, 0) is 38.8 Å². The molecule has 2 aromatic carbocycles. The summed E-state index contributed by atoms with van der Waals surface area (Å²) in [6, 6.07) is 10.6. The predicted molar refractivity (Wildman–Crippen MR) is 102 cm³/mol. The highest BCUT2D eigenvalue weighted by Gasteiger charge is 2.52. The van der Waals surface area contributed by atoms with Gasteiger partial charge in [0.05, 0.1) is 5.75 Å². The summed E-state index contributed by atoms with van der Waals surface area (Å²) in [5, 5.41) is 0. The molecule has 1 aliphatic heterocycles. The fourth-order valence-corrected chi connectivity index (χ4v) is 5.61. The zero-order valence-electron chi connectivity index (χ0n) is 15.5. The van der Waals surface area contributed by atoms with Gasteiger partial charge >= 0.3 is 0 Å². The maximum atomic E-state index is 14.3. The SMILES string of the molecule is Cc1cccc(C[C@@]2(C)C(N)=N[C@](C)(c3ccc(F)cc3F)CS2(=O)=O)c1. The Morgan fingerprint density at radius 2 is 1.85 bits per heavy atom. The van der Waals surface area contributed by atoms with E-state index in [0.717, 1.165) is 23.3 Å². The van der Waals surface area contributed by atoms with Crippen molar-refractivity contribution in [2.24, 2.45) is 10.7 Å². The minimum absolute atomic E-state index is 0.00744. The lowest BCUT2D eigenvalue weighted by Crippen LogP contribution is -2.57. The first kappa shape index (κ1) is 19.5. The molecule has 1 aliphatic rings. The summed E-state index contributed by atoms with van der Waals surface area (Å²) in [6.07, 6.45) is 0.175. The van der Waals surface area contributed by atoms with Crippen LogP contribution in [0.5, 0.6) is 0 Å². The Morgan fingerprint density at radius 3 is 2.44 bits per heavy atom. The third-order valence-electron chi connectivity index (χ3n) is 5.20. The second kappa shape index (κ2) is 6.41. The Morgan fingerprint density at radius 1 is 1.15 bits per heavy atom. The van der Waals surface area contributed by atoms with E-state index in [4.69, 9.17) is 5.73 Å². The van der Waals surface area contributed by atoms with Gasteiger partial charge in [-0.2, -0.15) is 0 Å². The maximum Gasteiger partial charge on any atom is 0.165 e. The summed E-state index contributed by atoms with van der Waals surface area (Å²) in [4.78, 5) is 4.40. The quantitative estimate of drug-likeness (QED) is 0.871. The van der Waals surface area contributed by atoms with Gasteiger partial charge in [0.2, 0.25) is 0 Å². The first-order valence-electron chi connectivity index (χ1n) is 8.56. The molecule has 0 spiro atoms. The number of hydrogen-bond donors (Lipinski definition) is 1. The van der Waals surface area contributed by atoms with Gasteiger partial charge in [-0.1, -0.05) is 35.9 Å². The van der Waals surface area contributed by atoms with Crippen molar-refractivity contribution in [3.8, 4) is 0 Å². The summed E-state index contributed by atoms with van der Waals surface area (Å²) >= 11 is 0. The number of amidine groups is 1. The summed E-state index contributed by atoms with van der Waals surface area (Å²) < 4.78 is 52.6. The van der Waals surface area contributed by atoms with Crippen LogP contribution in [0.2, 0.25) is 0 Å². The van der Waals surface area contributed by atoms with Gasteiger partial charge in [-0.3, -0.25) is 4.99 Å². The van der Waals surface area contributed by atoms with Gasteiger partial charge in [0.1, 0.15) is 27.8 Å². The molecule has 0 aliphatic carbocycles. The fourth-order valence-electron chi connectivity index (χ4n) is 3.58. The number of benzene rings is 2. The van der Waals surface area contributed by atoms with Crippen LogP contribution in [-0.2, 0) is 21.8 Å². The first-order valence-corrected chi connectivity index (χ1v) is 10.2. The van der Waals surface area contributed by atoms with Crippen LogP contribution in [0, 0.1) is 18.6 Å². The molecule has 2 aromatic rings. The largest absolute Gasteiger partial charge is 0.386 e. The lowest BCUT2D eigenvalue weighted by atomic mass is 9.92. The second-order valence-electron chi connectivity index (χ2n) is 7.55. The molecule has 4 nitrogen and oxygen atoms in total. The third kappa shape index (κ3) is 3.36. The molecule has 0 aromatic heterocycles. The summed E-state index contributed by atoms with van der Waals surface area (Å²) in [6.45, 7) is 4.97. The monoisotopic (exact) mass is 392 g/mol. The van der Waals surface area contributed by atoms with Crippen molar-refractivity contribution in [2.75, 3.05) is 5.75 Å². The van der Waals surface area contributed by atoms with E-state index >= 15 is 0 Å². The number of aliphatic imine (C=N–C) groups is 1. The molecule has 2 N–H and O–H groups in total. The molecule has 1 heterocycles. The Bertz CT molecular complexity index is 1040. The van der Waals surface area contributed by atoms with Crippen LogP contribution >= 0.6 is 0 Å². The highest BCUT2D eigenvalue weighted by Crippen LogP contribution is 2.39. The molecule has 7 heteroatoms. The van der Waals surface area contributed by atoms with E-state index in [0.29, 0.717) is 0 Å². The number of nitrogens with zero attached hydrogens (tertiary/aromatic N) is 1. The van der Waals surface area contributed by atoms with Crippen molar-refractivity contribution in [2.45, 2.75) is 37.5 Å². The van der Waals surface area contributed by atoms with E-state index in [1.54, 1.807) is 6.92 Å². The first-order chi connectivity index (χ1) is 12.5. The highest BCUT2D eigenvalue weighted by molar-refractivity contribution is 7.93. The minimum atomic E-state index is -3.78. The average molecular weight is 392 g/mol. The number of nitrogens with two attached hydrogens (primary N) is 1. The molecule has 0 radical (unpaired) electrons. The van der Waals surface area contributed by atoms with E-state index in [2.05, 4.69) is 4.99 Å². The molecule has 0 fully saturated rings. The van der Waals surface area contributed by atoms with Gasteiger partial charge in [0, 0.05) is 11.6 Å². The van der Waals surface area contributed by atoms with Crippen molar-refractivity contribution in [1.29, 1.82) is 0 Å². The van der Waals surface area contributed by atoms with E-state index in [1.165, 1.54) is 13.0 Å². The molecule has 144 valence electrons. The van der Waals surface area contributed by atoms with Crippen molar-refractivity contribution in [1.82, 2.24) is 0 Å². The zero-order chi connectivity index (χ0) is 20.0. The van der Waals surface area contributed by atoms with Crippen LogP contribution in [0.1, 0.15) is 30.5 Å². The number of rotatable bonds is 3. The number of aryl methyl sites for hydroxylation is 1. The second-order valence-corrected chi connectivity index (χ2v) is 9.97. The lowest BCUT2D eigenvalue weighted by Gasteiger charge is -2.40. The fraction of sp³-hybridized carbons (Fsp3) is 0.350. The van der Waals surface area contributed by atoms with Crippen LogP contribution in [-0.4, -0.2) is 24.8 Å². The smallest absolute Gasteiger partial charge is 0.165 e. The van der Waals surface area contributed by atoms with Gasteiger partial charge < -0.3 is 5.73 Å². The number of halogens is 2. The molecular weight excluding hydrogens is 370 g/mol. The zero-order valence-corrected chi connectivity index (χ0v) is 16.3. The molecule has 0 amide bonds. The molecular formula is C20H22F2N2O2S. The van der Waals surface area contributed by atoms with Crippen LogP contribution in [0.25, 0.3) is 0 Å². The lowest BCUT2D eigenvalue weighted by molar-refractivity contribution is 0.467. The van der Waals surface area contributed by atoms with Gasteiger partial charge in [0.25, 0.3) is 0 Å².